The molecule has 0 aliphatic heterocycles. The number of benzene rings is 1. The van der Waals surface area contributed by atoms with Crippen LogP contribution in [0.3, 0.4) is 0 Å². The van der Waals surface area contributed by atoms with Crippen LogP contribution in [0.25, 0.3) is 5.69 Å². The summed E-state index contributed by atoms with van der Waals surface area (Å²) in [4.78, 5) is 11.1. The van der Waals surface area contributed by atoms with Crippen LogP contribution in [0, 0.1) is 0 Å². The molecule has 0 saturated carbocycles. The lowest BCUT2D eigenvalue weighted by molar-refractivity contribution is 0.1000. The standard InChI is InChI=1S/C10H9N3O/c11-10(14)8-4-1-2-5-9(8)13-7-3-6-12-13/h1-7H,(H2,11,14). The first kappa shape index (κ1) is 8.50. The molecule has 0 unspecified atom stereocenters. The summed E-state index contributed by atoms with van der Waals surface area (Å²) in [5, 5.41) is 4.04. The molecular weight excluding hydrogens is 178 g/mol. The minimum atomic E-state index is -0.448. The fraction of sp³-hybridized carbons (Fsp3) is 0. The Kier molecular flexibility index (Phi) is 2.02. The number of hydrogen-bond acceptors (Lipinski definition) is 2. The number of primary amides is 1. The summed E-state index contributed by atoms with van der Waals surface area (Å²) in [7, 11) is 0. The van der Waals surface area contributed by atoms with Gasteiger partial charge in [-0.15, -0.1) is 0 Å². The van der Waals surface area contributed by atoms with E-state index in [-0.39, 0.29) is 0 Å². The molecule has 0 spiro atoms. The van der Waals surface area contributed by atoms with Crippen LogP contribution >= 0.6 is 0 Å². The van der Waals surface area contributed by atoms with Gasteiger partial charge in [0.15, 0.2) is 0 Å². The fourth-order valence-electron chi connectivity index (χ4n) is 1.29. The molecule has 0 aliphatic carbocycles. The molecule has 0 radical (unpaired) electrons. The third-order valence-electron chi connectivity index (χ3n) is 1.92. The molecule has 2 aromatic rings. The zero-order chi connectivity index (χ0) is 9.97. The van der Waals surface area contributed by atoms with Crippen LogP contribution in [0.1, 0.15) is 10.4 Å². The molecule has 1 amide bonds. The highest BCUT2D eigenvalue weighted by molar-refractivity contribution is 5.96. The van der Waals surface area contributed by atoms with Crippen LogP contribution in [0.15, 0.2) is 42.7 Å². The number of nitrogens with zero attached hydrogens (tertiary/aromatic N) is 2. The van der Waals surface area contributed by atoms with E-state index in [0.29, 0.717) is 11.3 Å². The number of carbonyl (C=O) groups is 1. The van der Waals surface area contributed by atoms with E-state index in [4.69, 9.17) is 5.73 Å². The van der Waals surface area contributed by atoms with Gasteiger partial charge in [0.2, 0.25) is 0 Å². The number of para-hydroxylation sites is 1. The van der Waals surface area contributed by atoms with Crippen molar-refractivity contribution in [3.8, 4) is 5.69 Å². The second-order valence-electron chi connectivity index (χ2n) is 2.83. The summed E-state index contributed by atoms with van der Waals surface area (Å²) in [5.41, 5.74) is 6.41. The second-order valence-corrected chi connectivity index (χ2v) is 2.83. The molecule has 4 nitrogen and oxygen atoms in total. The molecule has 0 aliphatic rings. The summed E-state index contributed by atoms with van der Waals surface area (Å²) >= 11 is 0. The Balaban J connectivity index is 2.58. The summed E-state index contributed by atoms with van der Waals surface area (Å²) in [6.45, 7) is 0. The summed E-state index contributed by atoms with van der Waals surface area (Å²) in [5.74, 6) is -0.448. The van der Waals surface area contributed by atoms with Gasteiger partial charge in [0.1, 0.15) is 0 Å². The van der Waals surface area contributed by atoms with E-state index in [2.05, 4.69) is 5.10 Å². The van der Waals surface area contributed by atoms with Crippen LogP contribution in [0.2, 0.25) is 0 Å². The second kappa shape index (κ2) is 3.33. The monoisotopic (exact) mass is 187 g/mol. The first-order chi connectivity index (χ1) is 6.79. The maximum Gasteiger partial charge on any atom is 0.250 e. The van der Waals surface area contributed by atoms with Gasteiger partial charge in [0, 0.05) is 12.4 Å². The fourth-order valence-corrected chi connectivity index (χ4v) is 1.29. The topological polar surface area (TPSA) is 60.9 Å². The molecular formula is C10H9N3O. The van der Waals surface area contributed by atoms with Gasteiger partial charge in [-0.25, -0.2) is 4.68 Å². The Morgan fingerprint density at radius 3 is 2.71 bits per heavy atom. The molecule has 0 saturated heterocycles. The van der Waals surface area contributed by atoms with Gasteiger partial charge < -0.3 is 5.73 Å². The molecule has 0 fully saturated rings. The van der Waals surface area contributed by atoms with Gasteiger partial charge in [0.05, 0.1) is 11.3 Å². The van der Waals surface area contributed by atoms with Gasteiger partial charge in [0.25, 0.3) is 5.91 Å². The molecule has 4 heteroatoms. The summed E-state index contributed by atoms with van der Waals surface area (Å²) in [6.07, 6.45) is 3.42. The average molecular weight is 187 g/mol. The summed E-state index contributed by atoms with van der Waals surface area (Å²) in [6, 6.07) is 8.88. The first-order valence-electron chi connectivity index (χ1n) is 4.18. The van der Waals surface area contributed by atoms with Crippen molar-refractivity contribution >= 4 is 5.91 Å². The lowest BCUT2D eigenvalue weighted by atomic mass is 10.2. The Hall–Kier alpha value is -2.10. The van der Waals surface area contributed by atoms with Crippen molar-refractivity contribution in [1.82, 2.24) is 9.78 Å². The van der Waals surface area contributed by atoms with Gasteiger partial charge >= 0.3 is 0 Å². The van der Waals surface area contributed by atoms with Crippen LogP contribution in [-0.4, -0.2) is 15.7 Å². The van der Waals surface area contributed by atoms with E-state index in [9.17, 15) is 4.79 Å². The number of nitrogens with two attached hydrogens (primary N) is 1. The van der Waals surface area contributed by atoms with Gasteiger partial charge in [-0.2, -0.15) is 5.10 Å². The van der Waals surface area contributed by atoms with Crippen molar-refractivity contribution in [2.75, 3.05) is 0 Å². The highest BCUT2D eigenvalue weighted by Gasteiger charge is 2.07. The Morgan fingerprint density at radius 1 is 1.29 bits per heavy atom. The lowest BCUT2D eigenvalue weighted by Gasteiger charge is -2.05. The molecule has 0 atom stereocenters. The Bertz CT molecular complexity index is 448. The quantitative estimate of drug-likeness (QED) is 0.761. The number of hydrogen-bond donors (Lipinski definition) is 1. The Morgan fingerprint density at radius 2 is 2.07 bits per heavy atom. The van der Waals surface area contributed by atoms with Crippen molar-refractivity contribution < 1.29 is 4.79 Å². The first-order valence-corrected chi connectivity index (χ1v) is 4.18. The van der Waals surface area contributed by atoms with E-state index in [1.54, 1.807) is 41.3 Å². The maximum absolute atomic E-state index is 11.1. The number of amides is 1. The highest BCUT2D eigenvalue weighted by atomic mass is 16.1. The zero-order valence-electron chi connectivity index (χ0n) is 7.42. The predicted octanol–water partition coefficient (Wildman–Crippen LogP) is 0.971. The molecule has 2 N–H and O–H groups in total. The minimum Gasteiger partial charge on any atom is -0.366 e. The average Bonchev–Trinajstić information content (AvgIpc) is 2.70. The van der Waals surface area contributed by atoms with Crippen LogP contribution < -0.4 is 5.73 Å². The molecule has 1 aromatic heterocycles. The third-order valence-corrected chi connectivity index (χ3v) is 1.92. The SMILES string of the molecule is NC(=O)c1ccccc1-n1cccn1. The molecule has 1 aromatic carbocycles. The third kappa shape index (κ3) is 1.37. The van der Waals surface area contributed by atoms with Crippen LogP contribution in [0.4, 0.5) is 0 Å². The van der Waals surface area contributed by atoms with Crippen molar-refractivity contribution in [2.24, 2.45) is 5.73 Å². The molecule has 14 heavy (non-hydrogen) atoms. The molecule has 2 rings (SSSR count). The smallest absolute Gasteiger partial charge is 0.250 e. The molecule has 0 bridgehead atoms. The molecule has 70 valence electrons. The lowest BCUT2D eigenvalue weighted by Crippen LogP contribution is -2.14. The number of carbonyl (C=O) groups excluding carboxylic acids is 1. The summed E-state index contributed by atoms with van der Waals surface area (Å²) < 4.78 is 1.61. The van der Waals surface area contributed by atoms with E-state index in [1.807, 2.05) is 6.07 Å². The molecule has 1 heterocycles. The van der Waals surface area contributed by atoms with Gasteiger partial charge in [-0.1, -0.05) is 12.1 Å². The van der Waals surface area contributed by atoms with Gasteiger partial charge in [-0.3, -0.25) is 4.79 Å². The van der Waals surface area contributed by atoms with Crippen molar-refractivity contribution in [2.45, 2.75) is 0 Å². The van der Waals surface area contributed by atoms with E-state index in [0.717, 1.165) is 0 Å². The highest BCUT2D eigenvalue weighted by Crippen LogP contribution is 2.12. The maximum atomic E-state index is 11.1. The predicted molar refractivity (Wildman–Crippen MR) is 52.1 cm³/mol. The van der Waals surface area contributed by atoms with Crippen molar-refractivity contribution in [3.63, 3.8) is 0 Å². The van der Waals surface area contributed by atoms with E-state index >= 15 is 0 Å². The van der Waals surface area contributed by atoms with Crippen molar-refractivity contribution in [1.29, 1.82) is 0 Å². The number of rotatable bonds is 2. The van der Waals surface area contributed by atoms with Crippen LogP contribution in [0.5, 0.6) is 0 Å². The zero-order valence-corrected chi connectivity index (χ0v) is 7.42. The normalized spacial score (nSPS) is 10.0. The Labute approximate surface area is 81.0 Å². The van der Waals surface area contributed by atoms with Crippen molar-refractivity contribution in [3.05, 3.63) is 48.3 Å². The number of aromatic nitrogens is 2. The minimum absolute atomic E-state index is 0.448. The van der Waals surface area contributed by atoms with E-state index < -0.39 is 5.91 Å². The van der Waals surface area contributed by atoms with Gasteiger partial charge in [-0.05, 0) is 18.2 Å². The van der Waals surface area contributed by atoms with E-state index in [1.165, 1.54) is 0 Å². The largest absolute Gasteiger partial charge is 0.366 e. The van der Waals surface area contributed by atoms with Crippen LogP contribution in [-0.2, 0) is 0 Å².